The van der Waals surface area contributed by atoms with E-state index in [0.717, 1.165) is 0 Å². The zero-order valence-electron chi connectivity index (χ0n) is 6.95. The van der Waals surface area contributed by atoms with Gasteiger partial charge in [0.25, 0.3) is 0 Å². The molecule has 0 aliphatic heterocycles. The van der Waals surface area contributed by atoms with Crippen molar-refractivity contribution in [3.63, 3.8) is 0 Å². The largest absolute Gasteiger partial charge is 0.347 e. The van der Waals surface area contributed by atoms with Gasteiger partial charge in [-0.05, 0) is 30.4 Å². The van der Waals surface area contributed by atoms with Crippen LogP contribution in [0.5, 0.6) is 0 Å². The molecule has 1 aromatic heterocycles. The Labute approximate surface area is 83.0 Å². The zero-order chi connectivity index (χ0) is 10.1. The third kappa shape index (κ3) is 1.39. The van der Waals surface area contributed by atoms with Crippen LogP contribution in [0.1, 0.15) is 0 Å². The summed E-state index contributed by atoms with van der Waals surface area (Å²) in [5.74, 6) is -0.412. The van der Waals surface area contributed by atoms with Crippen molar-refractivity contribution >= 4 is 12.2 Å². The molecule has 2 rings (SSSR count). The zero-order valence-corrected chi connectivity index (χ0v) is 7.77. The molecule has 0 amide bonds. The highest BCUT2D eigenvalue weighted by Crippen LogP contribution is 2.06. The Kier molecular flexibility index (Phi) is 2.05. The molecule has 0 bridgehead atoms. The van der Waals surface area contributed by atoms with Gasteiger partial charge in [-0.2, -0.15) is 0 Å². The predicted octanol–water partition coefficient (Wildman–Crippen LogP) is 1.36. The van der Waals surface area contributed by atoms with Crippen molar-refractivity contribution in [2.75, 3.05) is 0 Å². The summed E-state index contributed by atoms with van der Waals surface area (Å²) in [5.41, 5.74) is -0.0156. The van der Waals surface area contributed by atoms with E-state index < -0.39 is 11.5 Å². The highest BCUT2D eigenvalue weighted by molar-refractivity contribution is 7.71. The summed E-state index contributed by atoms with van der Waals surface area (Å²) < 4.78 is 14.2. The molecule has 0 aliphatic rings. The van der Waals surface area contributed by atoms with Gasteiger partial charge in [-0.3, -0.25) is 5.10 Å². The van der Waals surface area contributed by atoms with E-state index in [-0.39, 0.29) is 4.77 Å². The molecule has 1 aromatic carbocycles. The number of hydrogen-bond acceptors (Lipinski definition) is 2. The van der Waals surface area contributed by atoms with Gasteiger partial charge in [0.1, 0.15) is 5.82 Å². The second kappa shape index (κ2) is 3.22. The maximum absolute atomic E-state index is 12.9. The average molecular weight is 211 g/mol. The number of nitrogens with one attached hydrogen (secondary N) is 2. The van der Waals surface area contributed by atoms with Crippen LogP contribution in [-0.2, 0) is 0 Å². The Bertz CT molecular complexity index is 541. The maximum Gasteiger partial charge on any atom is 0.347 e. The Morgan fingerprint density at radius 3 is 2.71 bits per heavy atom. The molecular formula is C8H6FN3OS. The fourth-order valence-electron chi connectivity index (χ4n) is 1.16. The Morgan fingerprint density at radius 1 is 1.36 bits per heavy atom. The first-order valence-corrected chi connectivity index (χ1v) is 4.25. The fourth-order valence-corrected chi connectivity index (χ4v) is 1.40. The summed E-state index contributed by atoms with van der Waals surface area (Å²) in [4.78, 5) is 11.2. The lowest BCUT2D eigenvalue weighted by Gasteiger charge is -1.98. The van der Waals surface area contributed by atoms with Crippen LogP contribution in [0.25, 0.3) is 5.69 Å². The number of aromatic amines is 2. The summed E-state index contributed by atoms with van der Waals surface area (Å²) in [7, 11) is 0. The summed E-state index contributed by atoms with van der Waals surface area (Å²) >= 11 is 4.85. The van der Waals surface area contributed by atoms with Crippen molar-refractivity contribution in [1.82, 2.24) is 14.8 Å². The van der Waals surface area contributed by atoms with Crippen LogP contribution in [0.4, 0.5) is 4.39 Å². The van der Waals surface area contributed by atoms with Crippen molar-refractivity contribution in [2.45, 2.75) is 0 Å². The molecule has 72 valence electrons. The Balaban J connectivity index is 2.72. The van der Waals surface area contributed by atoms with Crippen LogP contribution < -0.4 is 5.69 Å². The molecule has 4 nitrogen and oxygen atoms in total. The number of hydrogen-bond donors (Lipinski definition) is 2. The average Bonchev–Trinajstić information content (AvgIpc) is 2.46. The van der Waals surface area contributed by atoms with E-state index in [1.807, 2.05) is 0 Å². The molecular weight excluding hydrogens is 205 g/mol. The quantitative estimate of drug-likeness (QED) is 0.700. The summed E-state index contributed by atoms with van der Waals surface area (Å²) in [6.07, 6.45) is 0. The number of rotatable bonds is 1. The van der Waals surface area contributed by atoms with Crippen molar-refractivity contribution in [1.29, 1.82) is 0 Å². The third-order valence-corrected chi connectivity index (χ3v) is 2.03. The number of aromatic nitrogens is 3. The minimum absolute atomic E-state index is 0.209. The molecule has 0 atom stereocenters. The van der Waals surface area contributed by atoms with Crippen LogP contribution in [-0.4, -0.2) is 14.8 Å². The summed E-state index contributed by atoms with van der Waals surface area (Å²) in [6, 6.07) is 5.65. The molecule has 0 saturated carbocycles. The highest BCUT2D eigenvalue weighted by atomic mass is 32.1. The van der Waals surface area contributed by atoms with Gasteiger partial charge >= 0.3 is 5.69 Å². The van der Waals surface area contributed by atoms with Gasteiger partial charge in [0, 0.05) is 0 Å². The van der Waals surface area contributed by atoms with E-state index in [4.69, 9.17) is 12.2 Å². The molecule has 0 fully saturated rings. The van der Waals surface area contributed by atoms with Crippen LogP contribution in [0.3, 0.4) is 0 Å². The monoisotopic (exact) mass is 211 g/mol. The first-order valence-electron chi connectivity index (χ1n) is 3.84. The Hall–Kier alpha value is -1.69. The van der Waals surface area contributed by atoms with Gasteiger partial charge in [0.15, 0.2) is 0 Å². The second-order valence-corrected chi connectivity index (χ2v) is 3.06. The van der Waals surface area contributed by atoms with Crippen LogP contribution in [0.15, 0.2) is 29.1 Å². The van der Waals surface area contributed by atoms with Gasteiger partial charge in [-0.25, -0.2) is 18.9 Å². The van der Waals surface area contributed by atoms with Gasteiger partial charge in [-0.15, -0.1) is 0 Å². The van der Waals surface area contributed by atoms with E-state index >= 15 is 0 Å². The van der Waals surface area contributed by atoms with Crippen molar-refractivity contribution in [3.8, 4) is 5.69 Å². The van der Waals surface area contributed by atoms with Crippen LogP contribution in [0.2, 0.25) is 0 Å². The molecule has 2 aromatic rings. The molecule has 14 heavy (non-hydrogen) atoms. The molecule has 0 radical (unpaired) electrons. The standard InChI is InChI=1S/C8H6FN3OS/c9-5-2-1-3-6(4-5)12-7(13)10-11-8(12)14/h1-4H,(H,10,13)(H,11,14). The van der Waals surface area contributed by atoms with Crippen LogP contribution in [0, 0.1) is 10.6 Å². The van der Waals surface area contributed by atoms with Gasteiger partial charge in [0.05, 0.1) is 5.69 Å². The number of benzene rings is 1. The number of halogens is 1. The van der Waals surface area contributed by atoms with Gasteiger partial charge in [0.2, 0.25) is 4.77 Å². The van der Waals surface area contributed by atoms with Gasteiger partial charge < -0.3 is 0 Å². The first kappa shape index (κ1) is 8.89. The minimum atomic E-state index is -0.416. The van der Waals surface area contributed by atoms with Crippen molar-refractivity contribution < 1.29 is 4.39 Å². The SMILES string of the molecule is O=c1[nH][nH]c(=S)n1-c1cccc(F)c1. The molecule has 0 unspecified atom stereocenters. The molecule has 0 saturated heterocycles. The lowest BCUT2D eigenvalue weighted by molar-refractivity contribution is 0.626. The van der Waals surface area contributed by atoms with Gasteiger partial charge in [-0.1, -0.05) is 6.07 Å². The fraction of sp³-hybridized carbons (Fsp3) is 0. The predicted molar refractivity (Wildman–Crippen MR) is 51.5 cm³/mol. The van der Waals surface area contributed by atoms with Crippen LogP contribution >= 0.6 is 12.2 Å². The number of H-pyrrole nitrogens is 2. The second-order valence-electron chi connectivity index (χ2n) is 2.68. The topological polar surface area (TPSA) is 53.6 Å². The molecule has 2 N–H and O–H groups in total. The third-order valence-electron chi connectivity index (χ3n) is 1.75. The summed E-state index contributed by atoms with van der Waals surface area (Å²) in [6.45, 7) is 0. The highest BCUT2D eigenvalue weighted by Gasteiger charge is 2.03. The minimum Gasteiger partial charge on any atom is -0.272 e. The van der Waals surface area contributed by atoms with E-state index in [0.29, 0.717) is 5.69 Å². The molecule has 1 heterocycles. The Morgan fingerprint density at radius 2 is 2.14 bits per heavy atom. The van der Waals surface area contributed by atoms with Crippen molar-refractivity contribution in [2.24, 2.45) is 0 Å². The normalized spacial score (nSPS) is 10.4. The summed E-state index contributed by atoms with van der Waals surface area (Å²) in [5, 5.41) is 4.78. The lowest BCUT2D eigenvalue weighted by Crippen LogP contribution is -2.14. The molecule has 6 heteroatoms. The van der Waals surface area contributed by atoms with Crippen molar-refractivity contribution in [3.05, 3.63) is 45.3 Å². The smallest absolute Gasteiger partial charge is 0.272 e. The molecule has 0 spiro atoms. The maximum atomic E-state index is 12.9. The number of nitrogens with zero attached hydrogens (tertiary/aromatic N) is 1. The lowest BCUT2D eigenvalue weighted by atomic mass is 10.3. The van der Waals surface area contributed by atoms with E-state index in [1.165, 1.54) is 22.8 Å². The van der Waals surface area contributed by atoms with E-state index in [9.17, 15) is 9.18 Å². The van der Waals surface area contributed by atoms with E-state index in [1.54, 1.807) is 6.07 Å². The molecule has 0 aliphatic carbocycles. The van der Waals surface area contributed by atoms with E-state index in [2.05, 4.69) is 10.2 Å². The first-order chi connectivity index (χ1) is 6.68.